The van der Waals surface area contributed by atoms with E-state index in [0.29, 0.717) is 35.6 Å². The second-order valence-corrected chi connectivity index (χ2v) is 7.90. The number of amides is 1. The lowest BCUT2D eigenvalue weighted by molar-refractivity contribution is -0.124. The SMILES string of the molecule is CCCn1nnnc1NCc1cc(OCC)c(OCC(=O)NC(C)(C)C)cc1Cl. The van der Waals surface area contributed by atoms with E-state index in [-0.39, 0.29) is 18.1 Å². The number of carbonyl (C=O) groups excluding carboxylic acids is 1. The minimum atomic E-state index is -0.330. The van der Waals surface area contributed by atoms with Crippen LogP contribution in [0.3, 0.4) is 0 Å². The van der Waals surface area contributed by atoms with Crippen molar-refractivity contribution in [1.29, 1.82) is 0 Å². The van der Waals surface area contributed by atoms with Crippen LogP contribution in [0.1, 0.15) is 46.6 Å². The average molecular weight is 425 g/mol. The molecule has 2 N–H and O–H groups in total. The highest BCUT2D eigenvalue weighted by atomic mass is 35.5. The van der Waals surface area contributed by atoms with E-state index in [2.05, 4.69) is 33.1 Å². The summed E-state index contributed by atoms with van der Waals surface area (Å²) in [5, 5.41) is 18.1. The van der Waals surface area contributed by atoms with E-state index in [4.69, 9.17) is 21.1 Å². The van der Waals surface area contributed by atoms with Crippen molar-refractivity contribution in [3.63, 3.8) is 0 Å². The van der Waals surface area contributed by atoms with Gasteiger partial charge in [-0.3, -0.25) is 4.79 Å². The Labute approximate surface area is 176 Å². The van der Waals surface area contributed by atoms with Gasteiger partial charge in [0.1, 0.15) is 0 Å². The van der Waals surface area contributed by atoms with Gasteiger partial charge in [-0.1, -0.05) is 23.6 Å². The Morgan fingerprint density at radius 1 is 1.21 bits per heavy atom. The molecule has 0 aliphatic rings. The van der Waals surface area contributed by atoms with Crippen LogP contribution < -0.4 is 20.1 Å². The Morgan fingerprint density at radius 2 is 1.93 bits per heavy atom. The molecule has 0 saturated heterocycles. The molecule has 2 aromatic rings. The van der Waals surface area contributed by atoms with Crippen molar-refractivity contribution in [2.45, 2.75) is 59.7 Å². The van der Waals surface area contributed by atoms with Gasteiger partial charge in [0.05, 0.1) is 6.61 Å². The molecule has 0 atom stereocenters. The van der Waals surface area contributed by atoms with Crippen LogP contribution in [-0.4, -0.2) is 44.9 Å². The lowest BCUT2D eigenvalue weighted by atomic mass is 10.1. The maximum atomic E-state index is 12.0. The Balaban J connectivity index is 2.10. The van der Waals surface area contributed by atoms with Crippen LogP contribution in [0.4, 0.5) is 5.95 Å². The summed E-state index contributed by atoms with van der Waals surface area (Å²) in [7, 11) is 0. The number of rotatable bonds is 10. The molecule has 0 aliphatic heterocycles. The molecule has 160 valence electrons. The third kappa shape index (κ3) is 7.08. The van der Waals surface area contributed by atoms with E-state index >= 15 is 0 Å². The minimum Gasteiger partial charge on any atom is -0.490 e. The number of hydrogen-bond donors (Lipinski definition) is 2. The van der Waals surface area contributed by atoms with E-state index in [9.17, 15) is 4.79 Å². The number of aromatic nitrogens is 4. The zero-order chi connectivity index (χ0) is 21.4. The maximum absolute atomic E-state index is 12.0. The van der Waals surface area contributed by atoms with E-state index < -0.39 is 0 Å². The Kier molecular flexibility index (Phi) is 8.07. The van der Waals surface area contributed by atoms with Crippen LogP contribution in [-0.2, 0) is 17.9 Å². The summed E-state index contributed by atoms with van der Waals surface area (Å²) in [6.45, 7) is 11.1. The first-order valence-corrected chi connectivity index (χ1v) is 10.00. The number of hydrogen-bond acceptors (Lipinski definition) is 7. The quantitative estimate of drug-likeness (QED) is 0.604. The van der Waals surface area contributed by atoms with Gasteiger partial charge >= 0.3 is 0 Å². The first kappa shape index (κ1) is 22.7. The van der Waals surface area contributed by atoms with Crippen LogP contribution in [0.15, 0.2) is 12.1 Å². The molecule has 0 spiro atoms. The number of tetrazole rings is 1. The van der Waals surface area contributed by atoms with Crippen molar-refractivity contribution in [3.05, 3.63) is 22.7 Å². The molecular formula is C19H29ClN6O3. The van der Waals surface area contributed by atoms with Crippen LogP contribution >= 0.6 is 11.6 Å². The van der Waals surface area contributed by atoms with Crippen LogP contribution in [0.2, 0.25) is 5.02 Å². The number of anilines is 1. The minimum absolute atomic E-state index is 0.128. The predicted molar refractivity (Wildman–Crippen MR) is 111 cm³/mol. The fraction of sp³-hybridized carbons (Fsp3) is 0.579. The van der Waals surface area contributed by atoms with Crippen molar-refractivity contribution in [3.8, 4) is 11.5 Å². The maximum Gasteiger partial charge on any atom is 0.258 e. The van der Waals surface area contributed by atoms with Gasteiger partial charge in [-0.15, -0.1) is 0 Å². The van der Waals surface area contributed by atoms with Crippen molar-refractivity contribution >= 4 is 23.5 Å². The topological polar surface area (TPSA) is 103 Å². The Hall–Kier alpha value is -2.55. The zero-order valence-electron chi connectivity index (χ0n) is 17.6. The van der Waals surface area contributed by atoms with Gasteiger partial charge in [0.15, 0.2) is 18.1 Å². The molecular weight excluding hydrogens is 396 g/mol. The number of ether oxygens (including phenoxy) is 2. The van der Waals surface area contributed by atoms with Gasteiger partial charge in [-0.2, -0.15) is 0 Å². The summed E-state index contributed by atoms with van der Waals surface area (Å²) < 4.78 is 13.0. The summed E-state index contributed by atoms with van der Waals surface area (Å²) in [5.41, 5.74) is 0.469. The summed E-state index contributed by atoms with van der Waals surface area (Å²) in [6, 6.07) is 3.45. The monoisotopic (exact) mass is 424 g/mol. The summed E-state index contributed by atoms with van der Waals surface area (Å²) in [4.78, 5) is 12.0. The molecule has 0 bridgehead atoms. The highest BCUT2D eigenvalue weighted by molar-refractivity contribution is 6.31. The summed E-state index contributed by atoms with van der Waals surface area (Å²) in [5.74, 6) is 1.29. The number of benzene rings is 1. The molecule has 2 rings (SSSR count). The Bertz CT molecular complexity index is 819. The smallest absolute Gasteiger partial charge is 0.258 e. The second kappa shape index (κ2) is 10.3. The lowest BCUT2D eigenvalue weighted by Crippen LogP contribution is -2.43. The van der Waals surface area contributed by atoms with E-state index in [1.807, 2.05) is 27.7 Å². The third-order valence-corrected chi connectivity index (χ3v) is 4.04. The Morgan fingerprint density at radius 3 is 2.59 bits per heavy atom. The van der Waals surface area contributed by atoms with Gasteiger partial charge in [-0.05, 0) is 56.2 Å². The van der Waals surface area contributed by atoms with Gasteiger partial charge in [0.2, 0.25) is 5.95 Å². The first-order chi connectivity index (χ1) is 13.7. The van der Waals surface area contributed by atoms with Crippen LogP contribution in [0.25, 0.3) is 0 Å². The van der Waals surface area contributed by atoms with Gasteiger partial charge in [0, 0.05) is 29.7 Å². The molecule has 29 heavy (non-hydrogen) atoms. The largest absolute Gasteiger partial charge is 0.490 e. The van der Waals surface area contributed by atoms with Crippen LogP contribution in [0, 0.1) is 0 Å². The number of aryl methyl sites for hydroxylation is 1. The van der Waals surface area contributed by atoms with E-state index in [1.54, 1.807) is 16.8 Å². The van der Waals surface area contributed by atoms with Crippen molar-refractivity contribution in [1.82, 2.24) is 25.5 Å². The normalized spacial score (nSPS) is 11.2. The van der Waals surface area contributed by atoms with Gasteiger partial charge in [0.25, 0.3) is 5.91 Å². The molecule has 1 aromatic heterocycles. The molecule has 0 saturated carbocycles. The highest BCUT2D eigenvalue weighted by Gasteiger charge is 2.17. The molecule has 1 heterocycles. The molecule has 1 amide bonds. The average Bonchev–Trinajstić information content (AvgIpc) is 3.06. The van der Waals surface area contributed by atoms with Gasteiger partial charge < -0.3 is 20.1 Å². The van der Waals surface area contributed by atoms with E-state index in [0.717, 1.165) is 18.5 Å². The molecule has 9 nitrogen and oxygen atoms in total. The number of halogens is 1. The molecule has 10 heteroatoms. The van der Waals surface area contributed by atoms with Gasteiger partial charge in [-0.25, -0.2) is 4.68 Å². The van der Waals surface area contributed by atoms with Crippen molar-refractivity contribution < 1.29 is 14.3 Å². The standard InChI is InChI=1S/C19H29ClN6O3/c1-6-8-26-18(23-24-25-26)21-11-13-9-15(28-7-2)16(10-14(13)20)29-12-17(27)22-19(3,4)5/h9-10H,6-8,11-12H2,1-5H3,(H,22,27)(H,21,23,25). The zero-order valence-corrected chi connectivity index (χ0v) is 18.3. The molecule has 0 fully saturated rings. The molecule has 1 aromatic carbocycles. The van der Waals surface area contributed by atoms with Crippen LogP contribution in [0.5, 0.6) is 11.5 Å². The predicted octanol–water partition coefficient (Wildman–Crippen LogP) is 3.04. The fourth-order valence-corrected chi connectivity index (χ4v) is 2.78. The first-order valence-electron chi connectivity index (χ1n) is 9.62. The molecule has 0 unspecified atom stereocenters. The second-order valence-electron chi connectivity index (χ2n) is 7.49. The summed E-state index contributed by atoms with van der Waals surface area (Å²) in [6.07, 6.45) is 0.920. The third-order valence-electron chi connectivity index (χ3n) is 3.69. The number of carbonyl (C=O) groups is 1. The fourth-order valence-electron chi connectivity index (χ4n) is 2.56. The number of nitrogens with one attached hydrogen (secondary N) is 2. The number of nitrogens with zero attached hydrogens (tertiary/aromatic N) is 4. The molecule has 0 radical (unpaired) electrons. The molecule has 0 aliphatic carbocycles. The highest BCUT2D eigenvalue weighted by Crippen LogP contribution is 2.34. The summed E-state index contributed by atoms with van der Waals surface area (Å²) >= 11 is 6.43. The lowest BCUT2D eigenvalue weighted by Gasteiger charge is -2.21. The van der Waals surface area contributed by atoms with E-state index in [1.165, 1.54) is 0 Å². The van der Waals surface area contributed by atoms with Crippen molar-refractivity contribution in [2.24, 2.45) is 0 Å². The van der Waals surface area contributed by atoms with Crippen molar-refractivity contribution in [2.75, 3.05) is 18.5 Å².